The maximum atomic E-state index is 12.2. The Morgan fingerprint density at radius 2 is 2.22 bits per heavy atom. The average Bonchev–Trinajstić information content (AvgIpc) is 3.09. The van der Waals surface area contributed by atoms with Crippen molar-refractivity contribution < 1.29 is 9.53 Å². The molecule has 122 valence electrons. The summed E-state index contributed by atoms with van der Waals surface area (Å²) in [6.07, 6.45) is 4.79. The number of ether oxygens (including phenoxy) is 1. The van der Waals surface area contributed by atoms with Gasteiger partial charge in [-0.15, -0.1) is 0 Å². The van der Waals surface area contributed by atoms with Gasteiger partial charge in [-0.1, -0.05) is 25.1 Å². The normalized spacial score (nSPS) is 18.0. The van der Waals surface area contributed by atoms with Crippen LogP contribution in [0.5, 0.6) is 0 Å². The van der Waals surface area contributed by atoms with Gasteiger partial charge in [-0.25, -0.2) is 9.48 Å². The Labute approximate surface area is 136 Å². The Hall–Kier alpha value is -2.34. The monoisotopic (exact) mass is 314 g/mol. The van der Waals surface area contributed by atoms with E-state index in [2.05, 4.69) is 17.3 Å². The van der Waals surface area contributed by atoms with Crippen LogP contribution in [0.15, 0.2) is 42.7 Å². The van der Waals surface area contributed by atoms with Gasteiger partial charge in [0, 0.05) is 31.4 Å². The number of nitrogens with one attached hydrogen (secondary N) is 1. The summed E-state index contributed by atoms with van der Waals surface area (Å²) in [5.74, 6) is 0. The van der Waals surface area contributed by atoms with Crippen LogP contribution < -0.4 is 5.32 Å². The number of hydrogen-bond acceptors (Lipinski definition) is 3. The van der Waals surface area contributed by atoms with Gasteiger partial charge in [0.1, 0.15) is 0 Å². The Balaban J connectivity index is 1.54. The van der Waals surface area contributed by atoms with Crippen LogP contribution >= 0.6 is 0 Å². The third-order valence-electron chi connectivity index (χ3n) is 3.98. The zero-order valence-corrected chi connectivity index (χ0v) is 13.3. The lowest BCUT2D eigenvalue weighted by atomic mass is 10.2. The Morgan fingerprint density at radius 1 is 1.39 bits per heavy atom. The summed E-state index contributed by atoms with van der Waals surface area (Å²) < 4.78 is 7.40. The van der Waals surface area contributed by atoms with Crippen LogP contribution in [0.2, 0.25) is 0 Å². The van der Waals surface area contributed by atoms with Crippen LogP contribution in [-0.4, -0.2) is 46.5 Å². The van der Waals surface area contributed by atoms with Gasteiger partial charge in [-0.3, -0.25) is 0 Å². The van der Waals surface area contributed by atoms with Gasteiger partial charge in [0.15, 0.2) is 0 Å². The molecule has 6 nitrogen and oxygen atoms in total. The summed E-state index contributed by atoms with van der Waals surface area (Å²) in [6, 6.07) is 9.86. The summed E-state index contributed by atoms with van der Waals surface area (Å²) >= 11 is 0. The van der Waals surface area contributed by atoms with Crippen molar-refractivity contribution in [2.75, 3.05) is 19.7 Å². The largest absolute Gasteiger partial charge is 0.375 e. The van der Waals surface area contributed by atoms with E-state index in [-0.39, 0.29) is 12.1 Å². The molecule has 0 radical (unpaired) electrons. The van der Waals surface area contributed by atoms with E-state index in [1.807, 2.05) is 46.1 Å². The van der Waals surface area contributed by atoms with E-state index in [1.165, 1.54) is 0 Å². The van der Waals surface area contributed by atoms with E-state index >= 15 is 0 Å². The number of para-hydroxylation sites is 1. The van der Waals surface area contributed by atoms with Crippen molar-refractivity contribution in [1.29, 1.82) is 0 Å². The number of urea groups is 1. The molecule has 1 atom stereocenters. The second-order valence-electron chi connectivity index (χ2n) is 5.63. The zero-order chi connectivity index (χ0) is 16.1. The van der Waals surface area contributed by atoms with E-state index in [1.54, 1.807) is 6.20 Å². The average molecular weight is 314 g/mol. The Kier molecular flexibility index (Phi) is 4.92. The predicted molar refractivity (Wildman–Crippen MR) is 87.4 cm³/mol. The number of rotatable bonds is 4. The highest BCUT2D eigenvalue weighted by atomic mass is 16.5. The third-order valence-corrected chi connectivity index (χ3v) is 3.98. The molecule has 0 bridgehead atoms. The van der Waals surface area contributed by atoms with E-state index in [0.717, 1.165) is 17.7 Å². The van der Waals surface area contributed by atoms with Crippen LogP contribution in [0.1, 0.15) is 18.9 Å². The molecule has 1 fully saturated rings. The number of aromatic nitrogens is 2. The van der Waals surface area contributed by atoms with Crippen molar-refractivity contribution in [3.8, 4) is 5.69 Å². The molecule has 1 N–H and O–H groups in total. The lowest BCUT2D eigenvalue weighted by Gasteiger charge is -2.32. The van der Waals surface area contributed by atoms with E-state index in [4.69, 9.17) is 4.74 Å². The molecule has 0 unspecified atom stereocenters. The molecule has 2 heterocycles. The van der Waals surface area contributed by atoms with Gasteiger partial charge < -0.3 is 15.0 Å². The fourth-order valence-corrected chi connectivity index (χ4v) is 2.61. The van der Waals surface area contributed by atoms with Gasteiger partial charge in [0.2, 0.25) is 0 Å². The van der Waals surface area contributed by atoms with Crippen molar-refractivity contribution in [2.24, 2.45) is 0 Å². The van der Waals surface area contributed by atoms with Gasteiger partial charge in [-0.2, -0.15) is 5.10 Å². The lowest BCUT2D eigenvalue weighted by molar-refractivity contribution is -0.0154. The maximum absolute atomic E-state index is 12.2. The molecule has 0 saturated carbocycles. The smallest absolute Gasteiger partial charge is 0.317 e. The maximum Gasteiger partial charge on any atom is 0.317 e. The van der Waals surface area contributed by atoms with Crippen LogP contribution in [0.25, 0.3) is 5.69 Å². The third kappa shape index (κ3) is 3.90. The first kappa shape index (κ1) is 15.6. The van der Waals surface area contributed by atoms with Crippen molar-refractivity contribution in [2.45, 2.75) is 26.0 Å². The van der Waals surface area contributed by atoms with Gasteiger partial charge in [0.05, 0.1) is 24.6 Å². The molecule has 0 aliphatic carbocycles. The van der Waals surface area contributed by atoms with E-state index < -0.39 is 0 Å². The molecular formula is C17H22N4O2. The number of carbonyl (C=O) groups is 1. The first-order chi connectivity index (χ1) is 11.3. The van der Waals surface area contributed by atoms with Crippen LogP contribution in [0, 0.1) is 0 Å². The molecule has 6 heteroatoms. The molecule has 3 rings (SSSR count). The predicted octanol–water partition coefficient (Wildman–Crippen LogP) is 2.19. The summed E-state index contributed by atoms with van der Waals surface area (Å²) in [7, 11) is 0. The first-order valence-electron chi connectivity index (χ1n) is 7.99. The van der Waals surface area contributed by atoms with Crippen molar-refractivity contribution >= 4 is 6.03 Å². The molecule has 1 saturated heterocycles. The topological polar surface area (TPSA) is 59.4 Å². The van der Waals surface area contributed by atoms with Gasteiger partial charge >= 0.3 is 6.03 Å². The molecule has 1 aromatic heterocycles. The highest BCUT2D eigenvalue weighted by molar-refractivity contribution is 5.74. The zero-order valence-electron chi connectivity index (χ0n) is 13.3. The van der Waals surface area contributed by atoms with Crippen molar-refractivity contribution in [1.82, 2.24) is 20.0 Å². The molecule has 1 aliphatic rings. The van der Waals surface area contributed by atoms with Crippen molar-refractivity contribution in [3.63, 3.8) is 0 Å². The first-order valence-corrected chi connectivity index (χ1v) is 7.99. The number of amides is 2. The van der Waals surface area contributed by atoms with Crippen LogP contribution in [-0.2, 0) is 11.3 Å². The van der Waals surface area contributed by atoms with E-state index in [0.29, 0.717) is 26.2 Å². The molecule has 2 amide bonds. The standard InChI is InChI=1S/C17H22N4O2/c1-2-16-13-20(8-9-23-16)17(22)18-10-14-11-19-21(12-14)15-6-4-3-5-7-15/h3-7,11-12,16H,2,8-10,13H2,1H3,(H,18,22)/t16-/m0/s1. The summed E-state index contributed by atoms with van der Waals surface area (Å²) in [6.45, 7) is 4.46. The quantitative estimate of drug-likeness (QED) is 0.941. The summed E-state index contributed by atoms with van der Waals surface area (Å²) in [4.78, 5) is 14.1. The summed E-state index contributed by atoms with van der Waals surface area (Å²) in [5.41, 5.74) is 1.98. The molecular weight excluding hydrogens is 292 g/mol. The molecule has 23 heavy (non-hydrogen) atoms. The second-order valence-corrected chi connectivity index (χ2v) is 5.63. The van der Waals surface area contributed by atoms with Gasteiger partial charge in [-0.05, 0) is 18.6 Å². The number of benzene rings is 1. The minimum absolute atomic E-state index is 0.0424. The number of carbonyl (C=O) groups excluding carboxylic acids is 1. The SMILES string of the molecule is CC[C@H]1CN(C(=O)NCc2cnn(-c3ccccc3)c2)CCO1. The fourth-order valence-electron chi connectivity index (χ4n) is 2.61. The van der Waals surface area contributed by atoms with Gasteiger partial charge in [0.25, 0.3) is 0 Å². The minimum Gasteiger partial charge on any atom is -0.375 e. The molecule has 1 aliphatic heterocycles. The number of hydrogen-bond donors (Lipinski definition) is 1. The van der Waals surface area contributed by atoms with Crippen LogP contribution in [0.4, 0.5) is 4.79 Å². The summed E-state index contributed by atoms with van der Waals surface area (Å²) in [5, 5.41) is 7.29. The second kappa shape index (κ2) is 7.28. The molecule has 0 spiro atoms. The lowest BCUT2D eigenvalue weighted by Crippen LogP contribution is -2.49. The highest BCUT2D eigenvalue weighted by Crippen LogP contribution is 2.10. The Bertz CT molecular complexity index is 641. The number of nitrogens with zero attached hydrogens (tertiary/aromatic N) is 3. The molecule has 2 aromatic rings. The van der Waals surface area contributed by atoms with Crippen molar-refractivity contribution in [3.05, 3.63) is 48.3 Å². The number of morpholine rings is 1. The fraction of sp³-hybridized carbons (Fsp3) is 0.412. The van der Waals surface area contributed by atoms with E-state index in [9.17, 15) is 4.79 Å². The molecule has 1 aromatic carbocycles. The van der Waals surface area contributed by atoms with Crippen LogP contribution in [0.3, 0.4) is 0 Å². The Morgan fingerprint density at radius 3 is 3.00 bits per heavy atom. The highest BCUT2D eigenvalue weighted by Gasteiger charge is 2.22. The minimum atomic E-state index is -0.0424.